The van der Waals surface area contributed by atoms with Crippen molar-refractivity contribution in [3.63, 3.8) is 0 Å². The summed E-state index contributed by atoms with van der Waals surface area (Å²) in [5.74, 6) is -1.35. The number of benzene rings is 2. The third kappa shape index (κ3) is 3.71. The van der Waals surface area contributed by atoms with Gasteiger partial charge >= 0.3 is 5.97 Å². The summed E-state index contributed by atoms with van der Waals surface area (Å²) in [6, 6.07) is 9.82. The van der Waals surface area contributed by atoms with E-state index in [0.717, 1.165) is 27.6 Å². The van der Waals surface area contributed by atoms with Gasteiger partial charge in [-0.25, -0.2) is 14.2 Å². The number of halogens is 1. The van der Waals surface area contributed by atoms with E-state index in [1.807, 2.05) is 6.07 Å². The molecule has 2 aromatic carbocycles. The number of hydrogen-bond donors (Lipinski definition) is 3. The summed E-state index contributed by atoms with van der Waals surface area (Å²) in [6.07, 6.45) is 1.27. The molecule has 214 valence electrons. The van der Waals surface area contributed by atoms with Gasteiger partial charge in [0.05, 0.1) is 41.5 Å². The SMILES string of the molecule is CC[C@@]1(O)C(=O)OCc2c1cc1n(c2=O)Cc2c-1nc1cc(F)c(C)c3c1c2[C@@H](NC(=O)Cc1cccc(N)c1)CC3. The average molecular weight is 569 g/mol. The van der Waals surface area contributed by atoms with Gasteiger partial charge in [-0.1, -0.05) is 19.1 Å². The van der Waals surface area contributed by atoms with Crippen molar-refractivity contribution in [2.45, 2.75) is 64.3 Å². The monoisotopic (exact) mass is 568 g/mol. The fraction of sp³-hybridized carbons (Fsp3) is 0.312. The van der Waals surface area contributed by atoms with Crippen molar-refractivity contribution in [2.75, 3.05) is 5.73 Å². The molecule has 2 atom stereocenters. The molecular formula is C32H29FN4O5. The number of nitrogens with one attached hydrogen (secondary N) is 1. The third-order valence-corrected chi connectivity index (χ3v) is 9.03. The molecule has 10 heteroatoms. The van der Waals surface area contributed by atoms with Crippen LogP contribution in [0.5, 0.6) is 0 Å². The van der Waals surface area contributed by atoms with Crippen LogP contribution in [0.25, 0.3) is 22.3 Å². The van der Waals surface area contributed by atoms with E-state index in [2.05, 4.69) is 5.32 Å². The van der Waals surface area contributed by atoms with E-state index >= 15 is 4.39 Å². The Morgan fingerprint density at radius 1 is 1.24 bits per heavy atom. The summed E-state index contributed by atoms with van der Waals surface area (Å²) in [5.41, 5.74) is 9.68. The summed E-state index contributed by atoms with van der Waals surface area (Å²) >= 11 is 0. The van der Waals surface area contributed by atoms with Crippen LogP contribution in [0.4, 0.5) is 10.1 Å². The minimum atomic E-state index is -1.95. The van der Waals surface area contributed by atoms with Gasteiger partial charge in [0.25, 0.3) is 5.56 Å². The second-order valence-electron chi connectivity index (χ2n) is 11.4. The zero-order valence-corrected chi connectivity index (χ0v) is 23.2. The van der Waals surface area contributed by atoms with Gasteiger partial charge in [0.1, 0.15) is 12.4 Å². The first-order valence-electron chi connectivity index (χ1n) is 14.1. The number of aliphatic hydroxyl groups is 1. The third-order valence-electron chi connectivity index (χ3n) is 9.03. The predicted molar refractivity (Wildman–Crippen MR) is 153 cm³/mol. The number of rotatable bonds is 4. The Bertz CT molecular complexity index is 1930. The number of pyridine rings is 2. The number of cyclic esters (lactones) is 1. The van der Waals surface area contributed by atoms with Crippen molar-refractivity contribution in [3.05, 3.63) is 91.5 Å². The number of anilines is 1. The number of ether oxygens (including phenoxy) is 1. The molecule has 0 fully saturated rings. The average Bonchev–Trinajstić information content (AvgIpc) is 3.33. The Kier molecular flexibility index (Phi) is 5.78. The van der Waals surface area contributed by atoms with Crippen LogP contribution in [-0.2, 0) is 45.9 Å². The highest BCUT2D eigenvalue weighted by atomic mass is 19.1. The van der Waals surface area contributed by atoms with E-state index in [9.17, 15) is 19.5 Å². The molecule has 2 aliphatic heterocycles. The number of carbonyl (C=O) groups is 2. The lowest BCUT2D eigenvalue weighted by atomic mass is 9.81. The van der Waals surface area contributed by atoms with Crippen LogP contribution in [0.15, 0.2) is 41.2 Å². The molecule has 0 bridgehead atoms. The lowest BCUT2D eigenvalue weighted by molar-refractivity contribution is -0.172. The van der Waals surface area contributed by atoms with Gasteiger partial charge in [-0.3, -0.25) is 9.59 Å². The van der Waals surface area contributed by atoms with E-state index in [-0.39, 0.29) is 54.4 Å². The summed E-state index contributed by atoms with van der Waals surface area (Å²) in [4.78, 5) is 44.4. The highest BCUT2D eigenvalue weighted by molar-refractivity contribution is 5.94. The van der Waals surface area contributed by atoms with Crippen molar-refractivity contribution < 1.29 is 23.8 Å². The Hall–Kier alpha value is -4.57. The maximum absolute atomic E-state index is 15.1. The Morgan fingerprint density at radius 2 is 2.05 bits per heavy atom. The van der Waals surface area contributed by atoms with E-state index in [1.165, 1.54) is 6.07 Å². The molecule has 1 aliphatic carbocycles. The first kappa shape index (κ1) is 26.3. The molecular weight excluding hydrogens is 539 g/mol. The number of aryl methyl sites for hydroxylation is 1. The summed E-state index contributed by atoms with van der Waals surface area (Å²) < 4.78 is 21.9. The van der Waals surface area contributed by atoms with Crippen LogP contribution in [0.1, 0.15) is 64.8 Å². The van der Waals surface area contributed by atoms with E-state index in [1.54, 1.807) is 42.7 Å². The minimum absolute atomic E-state index is 0.0278. The van der Waals surface area contributed by atoms with Crippen LogP contribution >= 0.6 is 0 Å². The number of hydrogen-bond acceptors (Lipinski definition) is 7. The Morgan fingerprint density at radius 3 is 2.81 bits per heavy atom. The van der Waals surface area contributed by atoms with Crippen LogP contribution in [0, 0.1) is 12.7 Å². The quantitative estimate of drug-likeness (QED) is 0.223. The number of aromatic nitrogens is 2. The molecule has 0 saturated carbocycles. The second kappa shape index (κ2) is 9.22. The molecule has 0 unspecified atom stereocenters. The zero-order chi connectivity index (χ0) is 29.5. The van der Waals surface area contributed by atoms with Gasteiger partial charge < -0.3 is 25.5 Å². The standard InChI is InChI=1S/C32H29FN4O5/c1-3-32(41)21-11-25-29-19(13-37(25)30(39)20(21)14-42-31(32)40)28-23(35-26(38)10-16-5-4-6-17(34)9-16)8-7-18-15(2)22(33)12-24(36-29)27(18)28/h4-6,9,11-12,23,41H,3,7-8,10,13-14,34H2,1-2H3,(H,35,38)/t23-,32-/m0/s1. The number of amides is 1. The Balaban J connectivity index is 1.40. The molecule has 4 N–H and O–H groups in total. The molecule has 42 heavy (non-hydrogen) atoms. The lowest BCUT2D eigenvalue weighted by Crippen LogP contribution is -2.44. The smallest absolute Gasteiger partial charge is 0.343 e. The number of carbonyl (C=O) groups excluding carboxylic acids is 2. The van der Waals surface area contributed by atoms with E-state index in [4.69, 9.17) is 15.5 Å². The highest BCUT2D eigenvalue weighted by Gasteiger charge is 2.46. The van der Waals surface area contributed by atoms with Gasteiger partial charge in [0.15, 0.2) is 5.60 Å². The molecule has 2 aromatic heterocycles. The Labute approximate surface area is 240 Å². The zero-order valence-electron chi connectivity index (χ0n) is 23.2. The van der Waals surface area contributed by atoms with Crippen molar-refractivity contribution in [1.82, 2.24) is 14.9 Å². The van der Waals surface area contributed by atoms with Crippen LogP contribution in [0.3, 0.4) is 0 Å². The highest BCUT2D eigenvalue weighted by Crippen LogP contribution is 2.46. The predicted octanol–water partition coefficient (Wildman–Crippen LogP) is 3.46. The maximum atomic E-state index is 15.1. The number of nitrogens with zero attached hydrogens (tertiary/aromatic N) is 2. The van der Waals surface area contributed by atoms with E-state index in [0.29, 0.717) is 41.0 Å². The second-order valence-corrected chi connectivity index (χ2v) is 11.4. The summed E-state index contributed by atoms with van der Waals surface area (Å²) in [7, 11) is 0. The van der Waals surface area contributed by atoms with Gasteiger partial charge in [-0.2, -0.15) is 0 Å². The summed E-state index contributed by atoms with van der Waals surface area (Å²) in [5, 5.41) is 15.2. The number of fused-ring (bicyclic) bond motifs is 5. The number of nitrogens with two attached hydrogens (primary N) is 1. The molecule has 0 spiro atoms. The van der Waals surface area contributed by atoms with Gasteiger partial charge in [0.2, 0.25) is 5.91 Å². The molecule has 0 saturated heterocycles. The summed E-state index contributed by atoms with van der Waals surface area (Å²) in [6.45, 7) is 3.35. The first-order valence-corrected chi connectivity index (χ1v) is 14.1. The fourth-order valence-corrected chi connectivity index (χ4v) is 6.83. The fourth-order valence-electron chi connectivity index (χ4n) is 6.83. The molecule has 9 nitrogen and oxygen atoms in total. The molecule has 7 rings (SSSR count). The van der Waals surface area contributed by atoms with Crippen molar-refractivity contribution >= 4 is 28.5 Å². The van der Waals surface area contributed by atoms with Gasteiger partial charge in [0, 0.05) is 28.3 Å². The van der Waals surface area contributed by atoms with Gasteiger partial charge in [-0.15, -0.1) is 0 Å². The van der Waals surface area contributed by atoms with Crippen molar-refractivity contribution in [3.8, 4) is 11.4 Å². The minimum Gasteiger partial charge on any atom is -0.458 e. The van der Waals surface area contributed by atoms with Crippen LogP contribution in [0.2, 0.25) is 0 Å². The van der Waals surface area contributed by atoms with Crippen molar-refractivity contribution in [2.24, 2.45) is 0 Å². The largest absolute Gasteiger partial charge is 0.458 e. The molecule has 1 amide bonds. The molecule has 4 aromatic rings. The van der Waals surface area contributed by atoms with Crippen LogP contribution < -0.4 is 16.6 Å². The normalized spacial score (nSPS) is 20.1. The molecule has 3 aliphatic rings. The first-order chi connectivity index (χ1) is 20.1. The van der Waals surface area contributed by atoms with Gasteiger partial charge in [-0.05, 0) is 66.6 Å². The topological polar surface area (TPSA) is 137 Å². The number of esters is 1. The number of nitrogen functional groups attached to an aromatic ring is 1. The maximum Gasteiger partial charge on any atom is 0.343 e. The molecule has 4 heterocycles. The molecule has 0 radical (unpaired) electrons. The van der Waals surface area contributed by atoms with Crippen LogP contribution in [-0.4, -0.2) is 26.5 Å². The van der Waals surface area contributed by atoms with Crippen molar-refractivity contribution in [1.29, 1.82) is 0 Å². The lowest BCUT2D eigenvalue weighted by Gasteiger charge is -2.31. The van der Waals surface area contributed by atoms with E-state index < -0.39 is 17.6 Å².